The highest BCUT2D eigenvalue weighted by Gasteiger charge is 2.25. The van der Waals surface area contributed by atoms with Crippen LogP contribution in [0, 0.1) is 12.8 Å². The van der Waals surface area contributed by atoms with Gasteiger partial charge in [0.1, 0.15) is 5.75 Å². The quantitative estimate of drug-likeness (QED) is 0.342. The van der Waals surface area contributed by atoms with Gasteiger partial charge in [-0.3, -0.25) is 0 Å². The molecule has 8 heteroatoms. The Kier molecular flexibility index (Phi) is 9.57. The van der Waals surface area contributed by atoms with Crippen LogP contribution in [0.1, 0.15) is 43.7 Å². The monoisotopic (exact) mass is 415 g/mol. The number of guanidine groups is 1. The van der Waals surface area contributed by atoms with Crippen LogP contribution in [0.3, 0.4) is 0 Å². The molecule has 29 heavy (non-hydrogen) atoms. The topological polar surface area (TPSA) is 54.9 Å². The van der Waals surface area contributed by atoms with Crippen LogP contribution >= 0.6 is 0 Å². The van der Waals surface area contributed by atoms with Crippen molar-refractivity contribution in [2.24, 2.45) is 10.9 Å². The van der Waals surface area contributed by atoms with Crippen molar-refractivity contribution in [2.45, 2.75) is 52.3 Å². The van der Waals surface area contributed by atoms with Crippen LogP contribution in [0.4, 0.5) is 13.2 Å². The van der Waals surface area contributed by atoms with Crippen molar-refractivity contribution in [2.75, 3.05) is 32.9 Å². The summed E-state index contributed by atoms with van der Waals surface area (Å²) < 4.78 is 48.1. The summed E-state index contributed by atoms with van der Waals surface area (Å²) >= 11 is 0. The lowest BCUT2D eigenvalue weighted by atomic mass is 10.1. The number of unbranched alkanes of at least 4 members (excludes halogenated alkanes) is 1. The van der Waals surface area contributed by atoms with Gasteiger partial charge in [-0.05, 0) is 44.7 Å². The second kappa shape index (κ2) is 11.9. The molecule has 1 fully saturated rings. The fraction of sp³-hybridized carbons (Fsp3) is 0.667. The molecule has 1 aliphatic heterocycles. The molecule has 1 saturated heterocycles. The molecule has 1 heterocycles. The Labute approximate surface area is 171 Å². The minimum Gasteiger partial charge on any atom is -0.493 e. The first kappa shape index (κ1) is 23.3. The number of ether oxygens (including phenoxy) is 2. The molecule has 1 aliphatic rings. The van der Waals surface area contributed by atoms with Crippen LogP contribution in [-0.4, -0.2) is 45.0 Å². The molecule has 1 unspecified atom stereocenters. The summed E-state index contributed by atoms with van der Waals surface area (Å²) in [5, 5.41) is 6.23. The molecule has 0 saturated carbocycles. The van der Waals surface area contributed by atoms with Gasteiger partial charge in [-0.25, -0.2) is 4.99 Å². The molecule has 0 bridgehead atoms. The third-order valence-corrected chi connectivity index (χ3v) is 4.65. The fourth-order valence-electron chi connectivity index (χ4n) is 3.01. The van der Waals surface area contributed by atoms with Gasteiger partial charge < -0.3 is 20.1 Å². The maximum atomic E-state index is 12.2. The zero-order valence-corrected chi connectivity index (χ0v) is 17.3. The van der Waals surface area contributed by atoms with E-state index in [9.17, 15) is 13.2 Å². The summed E-state index contributed by atoms with van der Waals surface area (Å²) in [6, 6.07) is 6.04. The van der Waals surface area contributed by atoms with Gasteiger partial charge in [-0.2, -0.15) is 13.2 Å². The molecule has 0 aromatic heterocycles. The highest BCUT2D eigenvalue weighted by atomic mass is 19.4. The minimum atomic E-state index is -4.09. The second-order valence-electron chi connectivity index (χ2n) is 7.35. The number of hydrogen-bond donors (Lipinski definition) is 2. The Morgan fingerprint density at radius 1 is 1.28 bits per heavy atom. The molecule has 0 spiro atoms. The van der Waals surface area contributed by atoms with Crippen molar-refractivity contribution >= 4 is 5.96 Å². The van der Waals surface area contributed by atoms with Crippen molar-refractivity contribution < 1.29 is 22.6 Å². The predicted molar refractivity (Wildman–Crippen MR) is 108 cm³/mol. The SMILES string of the molecule is CCNC(=NCc1ccc(C)cc1OCC1CCOC1)NCCCCC(F)(F)F. The molecule has 1 aromatic rings. The van der Waals surface area contributed by atoms with Crippen LogP contribution in [0.25, 0.3) is 0 Å². The zero-order chi connectivity index (χ0) is 21.1. The molecule has 0 radical (unpaired) electrons. The average molecular weight is 416 g/mol. The van der Waals surface area contributed by atoms with Crippen molar-refractivity contribution in [3.05, 3.63) is 29.3 Å². The maximum Gasteiger partial charge on any atom is 0.389 e. The third-order valence-electron chi connectivity index (χ3n) is 4.65. The van der Waals surface area contributed by atoms with Gasteiger partial charge in [0.2, 0.25) is 0 Å². The molecule has 5 nitrogen and oxygen atoms in total. The maximum absolute atomic E-state index is 12.2. The second-order valence-corrected chi connectivity index (χ2v) is 7.35. The molecule has 164 valence electrons. The van der Waals surface area contributed by atoms with Gasteiger partial charge in [0, 0.05) is 37.6 Å². The number of nitrogens with one attached hydrogen (secondary N) is 2. The van der Waals surface area contributed by atoms with Gasteiger partial charge in [-0.15, -0.1) is 0 Å². The van der Waals surface area contributed by atoms with Crippen molar-refractivity contribution in [3.8, 4) is 5.75 Å². The number of benzene rings is 1. The lowest BCUT2D eigenvalue weighted by Gasteiger charge is -2.15. The van der Waals surface area contributed by atoms with E-state index in [4.69, 9.17) is 9.47 Å². The van der Waals surface area contributed by atoms with Crippen molar-refractivity contribution in [3.63, 3.8) is 0 Å². The van der Waals surface area contributed by atoms with E-state index in [0.717, 1.165) is 36.5 Å². The highest BCUT2D eigenvalue weighted by molar-refractivity contribution is 5.79. The van der Waals surface area contributed by atoms with E-state index in [1.54, 1.807) is 0 Å². The normalized spacial score (nSPS) is 17.4. The van der Waals surface area contributed by atoms with Gasteiger partial charge >= 0.3 is 6.18 Å². The van der Waals surface area contributed by atoms with E-state index in [-0.39, 0.29) is 6.42 Å². The van der Waals surface area contributed by atoms with Gasteiger partial charge in [0.05, 0.1) is 19.8 Å². The minimum absolute atomic E-state index is 0.108. The lowest BCUT2D eigenvalue weighted by molar-refractivity contribution is -0.135. The summed E-state index contributed by atoms with van der Waals surface area (Å²) in [6.07, 6.45) is -3.28. The van der Waals surface area contributed by atoms with E-state index in [2.05, 4.69) is 15.6 Å². The third kappa shape index (κ3) is 9.39. The molecule has 0 aliphatic carbocycles. The highest BCUT2D eigenvalue weighted by Crippen LogP contribution is 2.24. The number of rotatable bonds is 10. The summed E-state index contributed by atoms with van der Waals surface area (Å²) in [7, 11) is 0. The Morgan fingerprint density at radius 2 is 2.10 bits per heavy atom. The molecule has 2 rings (SSSR count). The van der Waals surface area contributed by atoms with E-state index in [1.807, 2.05) is 32.0 Å². The van der Waals surface area contributed by atoms with Crippen molar-refractivity contribution in [1.29, 1.82) is 0 Å². The van der Waals surface area contributed by atoms with Gasteiger partial charge in [-0.1, -0.05) is 12.1 Å². The smallest absolute Gasteiger partial charge is 0.389 e. The Morgan fingerprint density at radius 3 is 2.79 bits per heavy atom. The first-order chi connectivity index (χ1) is 13.9. The molecular formula is C21H32F3N3O2. The van der Waals surface area contributed by atoms with Crippen LogP contribution in [-0.2, 0) is 11.3 Å². The molecule has 0 amide bonds. The first-order valence-corrected chi connectivity index (χ1v) is 10.3. The Bertz CT molecular complexity index is 645. The molecule has 1 atom stereocenters. The number of halogens is 3. The molecule has 1 aromatic carbocycles. The summed E-state index contributed by atoms with van der Waals surface area (Å²) in [5.41, 5.74) is 2.09. The standard InChI is InChI=1S/C21H32F3N3O2/c1-3-25-20(26-10-5-4-9-21(22,23)24)27-13-18-7-6-16(2)12-19(18)29-15-17-8-11-28-14-17/h6-7,12,17H,3-5,8-11,13-15H2,1-2H3,(H2,25,26,27). The summed E-state index contributed by atoms with van der Waals surface area (Å²) in [4.78, 5) is 4.57. The lowest BCUT2D eigenvalue weighted by Crippen LogP contribution is -2.37. The first-order valence-electron chi connectivity index (χ1n) is 10.3. The Hall–Kier alpha value is -1.96. The van der Waals surface area contributed by atoms with Gasteiger partial charge in [0.25, 0.3) is 0 Å². The van der Waals surface area contributed by atoms with Crippen LogP contribution in [0.5, 0.6) is 5.75 Å². The number of nitrogens with zero attached hydrogens (tertiary/aromatic N) is 1. The van der Waals surface area contributed by atoms with Crippen LogP contribution in [0.15, 0.2) is 23.2 Å². The van der Waals surface area contributed by atoms with Crippen LogP contribution in [0.2, 0.25) is 0 Å². The number of hydrogen-bond acceptors (Lipinski definition) is 3. The molecule has 2 N–H and O–H groups in total. The number of aliphatic imine (C=N–C) groups is 1. The number of alkyl halides is 3. The average Bonchev–Trinajstić information content (AvgIpc) is 3.17. The predicted octanol–water partition coefficient (Wildman–Crippen LogP) is 4.20. The summed E-state index contributed by atoms with van der Waals surface area (Å²) in [5.74, 6) is 1.83. The molecular weight excluding hydrogens is 383 g/mol. The number of aryl methyl sites for hydroxylation is 1. The largest absolute Gasteiger partial charge is 0.493 e. The summed E-state index contributed by atoms with van der Waals surface area (Å²) in [6.45, 7) is 7.67. The zero-order valence-electron chi connectivity index (χ0n) is 17.3. The van der Waals surface area contributed by atoms with Gasteiger partial charge in [0.15, 0.2) is 5.96 Å². The van der Waals surface area contributed by atoms with Crippen LogP contribution < -0.4 is 15.4 Å². The van der Waals surface area contributed by atoms with E-state index >= 15 is 0 Å². The van der Waals surface area contributed by atoms with Crippen molar-refractivity contribution in [1.82, 2.24) is 10.6 Å². The van der Waals surface area contributed by atoms with E-state index < -0.39 is 12.6 Å². The fourth-order valence-corrected chi connectivity index (χ4v) is 3.01. The Balaban J connectivity index is 1.89. The van der Waals surface area contributed by atoms with E-state index in [0.29, 0.717) is 44.5 Å². The van der Waals surface area contributed by atoms with E-state index in [1.165, 1.54) is 0 Å².